The van der Waals surface area contributed by atoms with E-state index >= 15 is 0 Å². The van der Waals surface area contributed by atoms with Crippen molar-refractivity contribution in [3.63, 3.8) is 0 Å². The van der Waals surface area contributed by atoms with Gasteiger partial charge in [0.05, 0.1) is 10.7 Å². The van der Waals surface area contributed by atoms with Gasteiger partial charge < -0.3 is 5.32 Å². The number of hydrogen-bond donors (Lipinski definition) is 1. The van der Waals surface area contributed by atoms with Gasteiger partial charge in [-0.05, 0) is 41.9 Å². The minimum atomic E-state index is -0.331. The van der Waals surface area contributed by atoms with Crippen LogP contribution in [0.4, 0.5) is 5.69 Å². The summed E-state index contributed by atoms with van der Waals surface area (Å²) in [5, 5.41) is 7.69. The second-order valence-corrected chi connectivity index (χ2v) is 7.05. The van der Waals surface area contributed by atoms with Gasteiger partial charge in [-0.2, -0.15) is 0 Å². The summed E-state index contributed by atoms with van der Waals surface area (Å²) < 4.78 is 4.83. The molecule has 0 radical (unpaired) electrons. The van der Waals surface area contributed by atoms with Crippen LogP contribution < -0.4 is 5.32 Å². The number of nitrogens with one attached hydrogen (secondary N) is 1. The molecule has 0 saturated heterocycles. The van der Waals surface area contributed by atoms with Gasteiger partial charge in [0, 0.05) is 15.1 Å². The summed E-state index contributed by atoms with van der Waals surface area (Å²) in [4.78, 5) is 12.9. The average molecular weight is 429 g/mol. The number of anilines is 1. The second-order valence-electron chi connectivity index (χ2n) is 4.54. The Morgan fingerprint density at radius 2 is 1.87 bits per heavy atom. The zero-order valence-corrected chi connectivity index (χ0v) is 15.3. The monoisotopic (exact) mass is 427 g/mol. The fourth-order valence-electron chi connectivity index (χ4n) is 1.91. The van der Waals surface area contributed by atoms with Crippen LogP contribution in [0.15, 0.2) is 46.9 Å². The lowest BCUT2D eigenvalue weighted by atomic mass is 10.1. The van der Waals surface area contributed by atoms with E-state index in [4.69, 9.17) is 23.2 Å². The van der Waals surface area contributed by atoms with E-state index in [0.717, 1.165) is 21.6 Å². The quantitative estimate of drug-likeness (QED) is 0.596. The highest BCUT2D eigenvalue weighted by Gasteiger charge is 2.19. The Morgan fingerprint density at radius 1 is 1.13 bits per heavy atom. The Balaban J connectivity index is 1.91. The third kappa shape index (κ3) is 3.72. The van der Waals surface area contributed by atoms with Gasteiger partial charge in [0.25, 0.3) is 5.91 Å². The van der Waals surface area contributed by atoms with Crippen molar-refractivity contribution in [1.82, 2.24) is 9.59 Å². The Bertz CT molecular complexity index is 867. The molecule has 0 spiro atoms. The summed E-state index contributed by atoms with van der Waals surface area (Å²) in [6, 6.07) is 12.4. The molecule has 23 heavy (non-hydrogen) atoms. The number of nitrogens with zero attached hydrogens (tertiary/aromatic N) is 2. The van der Waals surface area contributed by atoms with E-state index < -0.39 is 0 Å². The molecule has 0 aliphatic carbocycles. The number of benzene rings is 2. The van der Waals surface area contributed by atoms with Crippen LogP contribution in [-0.4, -0.2) is 15.5 Å². The molecule has 2 aromatic carbocycles. The van der Waals surface area contributed by atoms with Crippen molar-refractivity contribution < 1.29 is 4.79 Å². The molecule has 1 amide bonds. The van der Waals surface area contributed by atoms with Crippen molar-refractivity contribution in [1.29, 1.82) is 0 Å². The first-order valence-corrected chi connectivity index (χ1v) is 8.71. The molecule has 8 heteroatoms. The minimum Gasteiger partial charge on any atom is -0.320 e. The molecule has 0 aliphatic rings. The number of aromatic nitrogens is 2. The second kappa shape index (κ2) is 6.97. The maximum absolute atomic E-state index is 12.5. The van der Waals surface area contributed by atoms with Crippen LogP contribution in [-0.2, 0) is 0 Å². The number of carbonyl (C=O) groups excluding carboxylic acids is 1. The van der Waals surface area contributed by atoms with Crippen LogP contribution in [0.1, 0.15) is 9.67 Å². The molecule has 3 rings (SSSR count). The van der Waals surface area contributed by atoms with Crippen LogP contribution in [0, 0.1) is 0 Å². The third-order valence-electron chi connectivity index (χ3n) is 2.99. The molecule has 1 N–H and O–H groups in total. The Hall–Kier alpha value is -1.47. The van der Waals surface area contributed by atoms with Crippen molar-refractivity contribution >= 4 is 62.3 Å². The normalized spacial score (nSPS) is 10.6. The van der Waals surface area contributed by atoms with E-state index in [-0.39, 0.29) is 5.91 Å². The van der Waals surface area contributed by atoms with E-state index in [1.807, 2.05) is 24.3 Å². The summed E-state index contributed by atoms with van der Waals surface area (Å²) in [6.07, 6.45) is 0. The van der Waals surface area contributed by atoms with Gasteiger partial charge in [0.15, 0.2) is 0 Å². The third-order valence-corrected chi connectivity index (χ3v) is 4.81. The molecule has 116 valence electrons. The van der Waals surface area contributed by atoms with E-state index in [0.29, 0.717) is 26.3 Å². The van der Waals surface area contributed by atoms with Crippen LogP contribution in [0.3, 0.4) is 0 Å². The summed E-state index contributed by atoms with van der Waals surface area (Å²) in [5.41, 5.74) is 1.78. The topological polar surface area (TPSA) is 54.9 Å². The van der Waals surface area contributed by atoms with Gasteiger partial charge in [0.1, 0.15) is 10.6 Å². The van der Waals surface area contributed by atoms with Crippen molar-refractivity contribution in [2.24, 2.45) is 0 Å². The van der Waals surface area contributed by atoms with Crippen molar-refractivity contribution in [2.45, 2.75) is 0 Å². The maximum Gasteiger partial charge on any atom is 0.269 e. The standard InChI is InChI=1S/C15H8BrCl2N3OS/c16-9-3-1-8(2-4-9)13-14(23-21-20-13)15(22)19-12-7-10(17)5-6-11(12)18/h1-7H,(H,19,22). The van der Waals surface area contributed by atoms with E-state index in [9.17, 15) is 4.79 Å². The molecule has 0 bridgehead atoms. The Labute approximate surface area is 154 Å². The Morgan fingerprint density at radius 3 is 2.61 bits per heavy atom. The lowest BCUT2D eigenvalue weighted by Crippen LogP contribution is -2.11. The van der Waals surface area contributed by atoms with Gasteiger partial charge in [-0.3, -0.25) is 4.79 Å². The van der Waals surface area contributed by atoms with Crippen molar-refractivity contribution in [2.75, 3.05) is 5.32 Å². The molecular formula is C15H8BrCl2N3OS. The highest BCUT2D eigenvalue weighted by molar-refractivity contribution is 9.10. The molecule has 1 heterocycles. The van der Waals surface area contributed by atoms with Crippen molar-refractivity contribution in [3.8, 4) is 11.3 Å². The van der Waals surface area contributed by atoms with E-state index in [1.54, 1.807) is 18.2 Å². The number of amides is 1. The van der Waals surface area contributed by atoms with E-state index in [2.05, 4.69) is 30.8 Å². The smallest absolute Gasteiger partial charge is 0.269 e. The number of rotatable bonds is 3. The van der Waals surface area contributed by atoms with Gasteiger partial charge in [-0.15, -0.1) is 5.10 Å². The molecule has 0 atom stereocenters. The summed E-state index contributed by atoms with van der Waals surface area (Å²) >= 11 is 16.4. The van der Waals surface area contributed by atoms with Gasteiger partial charge in [-0.25, -0.2) is 0 Å². The number of halogens is 3. The molecule has 0 fully saturated rings. The van der Waals surface area contributed by atoms with Crippen LogP contribution in [0.5, 0.6) is 0 Å². The molecular weight excluding hydrogens is 421 g/mol. The fourth-order valence-corrected chi connectivity index (χ4v) is 3.09. The predicted molar refractivity (Wildman–Crippen MR) is 97.5 cm³/mol. The summed E-state index contributed by atoms with van der Waals surface area (Å²) in [6.45, 7) is 0. The van der Waals surface area contributed by atoms with E-state index in [1.165, 1.54) is 0 Å². The first-order valence-electron chi connectivity index (χ1n) is 6.39. The molecule has 0 saturated carbocycles. The fraction of sp³-hybridized carbons (Fsp3) is 0. The van der Waals surface area contributed by atoms with Gasteiger partial charge in [0.2, 0.25) is 0 Å². The lowest BCUT2D eigenvalue weighted by Gasteiger charge is -2.07. The Kier molecular flexibility index (Phi) is 4.96. The lowest BCUT2D eigenvalue weighted by molar-refractivity contribution is 0.103. The van der Waals surface area contributed by atoms with Crippen LogP contribution in [0.2, 0.25) is 10.0 Å². The SMILES string of the molecule is O=C(Nc1cc(Cl)ccc1Cl)c1snnc1-c1ccc(Br)cc1. The average Bonchev–Trinajstić information content (AvgIpc) is 3.01. The highest BCUT2D eigenvalue weighted by atomic mass is 79.9. The molecule has 4 nitrogen and oxygen atoms in total. The molecule has 1 aromatic heterocycles. The van der Waals surface area contributed by atoms with Gasteiger partial charge >= 0.3 is 0 Å². The molecule has 0 aliphatic heterocycles. The van der Waals surface area contributed by atoms with Gasteiger partial charge in [-0.1, -0.05) is 55.8 Å². The maximum atomic E-state index is 12.5. The minimum absolute atomic E-state index is 0.331. The molecule has 3 aromatic rings. The first kappa shape index (κ1) is 16.4. The molecule has 0 unspecified atom stereocenters. The number of carbonyl (C=O) groups is 1. The predicted octanol–water partition coefficient (Wildman–Crippen LogP) is 5.53. The van der Waals surface area contributed by atoms with Crippen LogP contribution in [0.25, 0.3) is 11.3 Å². The van der Waals surface area contributed by atoms with Crippen LogP contribution >= 0.6 is 50.7 Å². The zero-order chi connectivity index (χ0) is 16.4. The van der Waals surface area contributed by atoms with Crippen molar-refractivity contribution in [3.05, 3.63) is 61.9 Å². The highest BCUT2D eigenvalue weighted by Crippen LogP contribution is 2.29. The zero-order valence-electron chi connectivity index (χ0n) is 11.4. The summed E-state index contributed by atoms with van der Waals surface area (Å²) in [5.74, 6) is -0.331. The largest absolute Gasteiger partial charge is 0.320 e. The number of hydrogen-bond acceptors (Lipinski definition) is 4. The first-order chi connectivity index (χ1) is 11.0. The summed E-state index contributed by atoms with van der Waals surface area (Å²) in [7, 11) is 0.